The maximum atomic E-state index is 9.89. The van der Waals surface area contributed by atoms with Crippen LogP contribution in [0.2, 0.25) is 5.02 Å². The number of benzene rings is 1. The Morgan fingerprint density at radius 2 is 1.84 bits per heavy atom. The summed E-state index contributed by atoms with van der Waals surface area (Å²) >= 11 is 5.99. The van der Waals surface area contributed by atoms with Crippen molar-refractivity contribution in [1.29, 1.82) is 21.2 Å². The molecule has 6 heteroatoms. The van der Waals surface area contributed by atoms with Crippen LogP contribution < -0.4 is 0 Å². The molecule has 0 saturated heterocycles. The lowest BCUT2D eigenvalue weighted by atomic mass is 9.54. The lowest BCUT2D eigenvalue weighted by Gasteiger charge is -2.47. The van der Waals surface area contributed by atoms with E-state index in [1.165, 1.54) is 0 Å². The minimum atomic E-state index is -1.66. The van der Waals surface area contributed by atoms with Crippen molar-refractivity contribution in [2.45, 2.75) is 5.92 Å². The summed E-state index contributed by atoms with van der Waals surface area (Å²) in [4.78, 5) is 2.10. The molecule has 0 radical (unpaired) electrons. The number of nitriles is 3. The first-order valence-electron chi connectivity index (χ1n) is 7.93. The van der Waals surface area contributed by atoms with Gasteiger partial charge < -0.3 is 10.3 Å². The summed E-state index contributed by atoms with van der Waals surface area (Å²) in [5.74, 6) is -1.50. The number of fused-ring (bicyclic) bond motifs is 1. The van der Waals surface area contributed by atoms with Crippen LogP contribution in [0.25, 0.3) is 0 Å². The van der Waals surface area contributed by atoms with Gasteiger partial charge >= 0.3 is 0 Å². The molecule has 3 atom stereocenters. The molecule has 1 aliphatic heterocycles. The third-order valence-corrected chi connectivity index (χ3v) is 5.45. The maximum absolute atomic E-state index is 9.89. The highest BCUT2D eigenvalue weighted by Crippen LogP contribution is 2.53. The molecule has 1 unspecified atom stereocenters. The molecule has 1 saturated carbocycles. The molecule has 0 aromatic heterocycles. The predicted octanol–water partition coefficient (Wildman–Crippen LogP) is 3.12. The van der Waals surface area contributed by atoms with Gasteiger partial charge in [0.25, 0.3) is 0 Å². The van der Waals surface area contributed by atoms with Crippen molar-refractivity contribution in [2.24, 2.45) is 17.3 Å². The van der Waals surface area contributed by atoms with Crippen molar-refractivity contribution in [2.75, 3.05) is 20.1 Å². The predicted molar refractivity (Wildman–Crippen MR) is 93.8 cm³/mol. The van der Waals surface area contributed by atoms with E-state index in [2.05, 4.69) is 23.1 Å². The van der Waals surface area contributed by atoms with E-state index in [4.69, 9.17) is 17.0 Å². The van der Waals surface area contributed by atoms with E-state index in [-0.39, 0.29) is 11.6 Å². The van der Waals surface area contributed by atoms with Gasteiger partial charge in [-0.25, -0.2) is 0 Å². The SMILES string of the molecule is CN1CC=C2C(C#N)C(=N)C(C#N)(C#N)[C@@H](c3ccc(Cl)cc3)[C@H]2C1. The second-order valence-electron chi connectivity index (χ2n) is 6.57. The van der Waals surface area contributed by atoms with E-state index < -0.39 is 17.3 Å². The van der Waals surface area contributed by atoms with Gasteiger partial charge in [0.1, 0.15) is 5.92 Å². The Kier molecular flexibility index (Phi) is 4.36. The van der Waals surface area contributed by atoms with Crippen LogP contribution in [0.3, 0.4) is 0 Å². The van der Waals surface area contributed by atoms with Gasteiger partial charge in [-0.1, -0.05) is 29.8 Å². The molecule has 1 aromatic carbocycles. The highest BCUT2D eigenvalue weighted by atomic mass is 35.5. The second-order valence-corrected chi connectivity index (χ2v) is 7.00. The highest BCUT2D eigenvalue weighted by Gasteiger charge is 2.57. The molecule has 1 heterocycles. The Balaban J connectivity index is 2.25. The van der Waals surface area contributed by atoms with Gasteiger partial charge in [0, 0.05) is 29.9 Å². The van der Waals surface area contributed by atoms with Crippen molar-refractivity contribution in [3.05, 3.63) is 46.5 Å². The van der Waals surface area contributed by atoms with Crippen LogP contribution >= 0.6 is 11.6 Å². The zero-order valence-corrected chi connectivity index (χ0v) is 14.5. The quantitative estimate of drug-likeness (QED) is 0.787. The van der Waals surface area contributed by atoms with E-state index in [1.54, 1.807) is 12.1 Å². The molecular formula is C19H16ClN5. The average Bonchev–Trinajstić information content (AvgIpc) is 2.62. The van der Waals surface area contributed by atoms with Crippen molar-refractivity contribution in [3.63, 3.8) is 0 Å². The lowest BCUT2D eigenvalue weighted by molar-refractivity contribution is 0.235. The topological polar surface area (TPSA) is 98.5 Å². The van der Waals surface area contributed by atoms with Gasteiger partial charge in [0.05, 0.1) is 23.9 Å². The highest BCUT2D eigenvalue weighted by molar-refractivity contribution is 6.30. The first-order chi connectivity index (χ1) is 12.0. The van der Waals surface area contributed by atoms with E-state index >= 15 is 0 Å². The molecule has 5 nitrogen and oxygen atoms in total. The molecule has 2 aliphatic rings. The van der Waals surface area contributed by atoms with Crippen LogP contribution in [0, 0.1) is 56.7 Å². The van der Waals surface area contributed by atoms with Gasteiger partial charge in [-0.3, -0.25) is 0 Å². The van der Waals surface area contributed by atoms with Crippen molar-refractivity contribution < 1.29 is 0 Å². The molecule has 0 amide bonds. The number of likely N-dealkylation sites (N-methyl/N-ethyl adjacent to an activating group) is 1. The van der Waals surface area contributed by atoms with Crippen molar-refractivity contribution in [3.8, 4) is 18.2 Å². The van der Waals surface area contributed by atoms with E-state index in [0.717, 1.165) is 11.1 Å². The summed E-state index contributed by atoms with van der Waals surface area (Å²) in [6.45, 7) is 1.33. The second kappa shape index (κ2) is 6.34. The summed E-state index contributed by atoms with van der Waals surface area (Å²) in [6, 6.07) is 13.4. The fourth-order valence-electron chi connectivity index (χ4n) is 4.00. The maximum Gasteiger partial charge on any atom is 0.189 e. The van der Waals surface area contributed by atoms with Gasteiger partial charge in [-0.05, 0) is 30.3 Å². The number of nitrogens with zero attached hydrogens (tertiary/aromatic N) is 4. The summed E-state index contributed by atoms with van der Waals surface area (Å²) in [7, 11) is 1.97. The van der Waals surface area contributed by atoms with Crippen LogP contribution in [0.15, 0.2) is 35.9 Å². The normalized spacial score (nSPS) is 28.0. The Bertz CT molecular complexity index is 851. The number of hydrogen-bond donors (Lipinski definition) is 1. The van der Waals surface area contributed by atoms with Crippen LogP contribution in [-0.2, 0) is 0 Å². The van der Waals surface area contributed by atoms with E-state index in [9.17, 15) is 15.8 Å². The molecule has 124 valence electrons. The zero-order valence-electron chi connectivity index (χ0n) is 13.7. The molecule has 1 fully saturated rings. The smallest absolute Gasteiger partial charge is 0.189 e. The largest absolute Gasteiger partial charge is 0.305 e. The molecular weight excluding hydrogens is 334 g/mol. The molecule has 1 aromatic rings. The van der Waals surface area contributed by atoms with Crippen molar-refractivity contribution in [1.82, 2.24) is 4.90 Å². The van der Waals surface area contributed by atoms with Crippen LogP contribution in [0.5, 0.6) is 0 Å². The Morgan fingerprint density at radius 1 is 1.20 bits per heavy atom. The number of rotatable bonds is 1. The Hall–Kier alpha value is -2.65. The van der Waals surface area contributed by atoms with Crippen LogP contribution in [0.1, 0.15) is 11.5 Å². The fourth-order valence-corrected chi connectivity index (χ4v) is 4.12. The third-order valence-electron chi connectivity index (χ3n) is 5.20. The first-order valence-corrected chi connectivity index (χ1v) is 8.31. The fraction of sp³-hybridized carbons (Fsp3) is 0.368. The number of nitrogens with one attached hydrogen (secondary N) is 1. The van der Waals surface area contributed by atoms with Crippen LogP contribution in [0.4, 0.5) is 0 Å². The van der Waals surface area contributed by atoms with Crippen LogP contribution in [-0.4, -0.2) is 30.7 Å². The molecule has 0 bridgehead atoms. The molecule has 1 aliphatic carbocycles. The van der Waals surface area contributed by atoms with Gasteiger partial charge in [0.2, 0.25) is 0 Å². The minimum Gasteiger partial charge on any atom is -0.305 e. The zero-order chi connectivity index (χ0) is 18.2. The molecule has 1 N–H and O–H groups in total. The van der Waals surface area contributed by atoms with E-state index in [0.29, 0.717) is 18.1 Å². The summed E-state index contributed by atoms with van der Waals surface area (Å²) in [5, 5.41) is 38.4. The third kappa shape index (κ3) is 2.52. The number of halogens is 1. The minimum absolute atomic E-state index is 0.119. The lowest BCUT2D eigenvalue weighted by Crippen LogP contribution is -2.52. The molecule has 3 rings (SSSR count). The average molecular weight is 350 g/mol. The standard InChI is InChI=1S/C19H16ClN5/c1-25-7-6-14-15(8-21)18(24)19(10-22,11-23)17(16(14)9-25)12-2-4-13(20)5-3-12/h2-6,15-17,24H,7,9H2,1H3/t15?,16-,17-/m0/s1. The Morgan fingerprint density at radius 3 is 2.40 bits per heavy atom. The molecule has 25 heavy (non-hydrogen) atoms. The Labute approximate surface area is 151 Å². The number of hydrogen-bond acceptors (Lipinski definition) is 5. The van der Waals surface area contributed by atoms with Crippen molar-refractivity contribution >= 4 is 17.3 Å². The van der Waals surface area contributed by atoms with Gasteiger partial charge in [-0.15, -0.1) is 0 Å². The van der Waals surface area contributed by atoms with E-state index in [1.807, 2.05) is 25.3 Å². The first kappa shape index (κ1) is 17.2. The van der Waals surface area contributed by atoms with Gasteiger partial charge in [-0.2, -0.15) is 15.8 Å². The summed E-state index contributed by atoms with van der Waals surface area (Å²) in [5.41, 5.74) is -0.132. The van der Waals surface area contributed by atoms with Gasteiger partial charge in [0.15, 0.2) is 5.41 Å². The monoisotopic (exact) mass is 349 g/mol. The summed E-state index contributed by atoms with van der Waals surface area (Å²) < 4.78 is 0. The summed E-state index contributed by atoms with van der Waals surface area (Å²) in [6.07, 6.45) is 1.97. The molecule has 0 spiro atoms.